The van der Waals surface area contributed by atoms with Crippen LogP contribution in [0.3, 0.4) is 0 Å². The van der Waals surface area contributed by atoms with Gasteiger partial charge < -0.3 is 0 Å². The lowest BCUT2D eigenvalue weighted by atomic mass is 10.1. The van der Waals surface area contributed by atoms with Crippen LogP contribution in [-0.4, -0.2) is 22.2 Å². The monoisotopic (exact) mass is 267 g/mol. The third-order valence-corrected chi connectivity index (χ3v) is 4.02. The molecule has 0 aliphatic carbocycles. The van der Waals surface area contributed by atoms with Crippen molar-refractivity contribution in [2.24, 2.45) is 10.1 Å². The molecule has 0 saturated heterocycles. The van der Waals surface area contributed by atoms with Gasteiger partial charge >= 0.3 is 0 Å². The molecule has 1 aromatic rings. The van der Waals surface area contributed by atoms with Gasteiger partial charge in [-0.15, -0.1) is 11.3 Å². The average molecular weight is 267 g/mol. The quantitative estimate of drug-likeness (QED) is 0.848. The van der Waals surface area contributed by atoms with E-state index in [1.165, 1.54) is 9.75 Å². The number of aliphatic imine (C=N–C) groups is 1. The first kappa shape index (κ1) is 12.6. The first-order chi connectivity index (χ1) is 7.94. The van der Waals surface area contributed by atoms with Crippen LogP contribution in [0.15, 0.2) is 22.2 Å². The van der Waals surface area contributed by atoms with E-state index in [0.29, 0.717) is 0 Å². The zero-order chi connectivity index (χ0) is 12.5. The van der Waals surface area contributed by atoms with Gasteiger partial charge in [-0.2, -0.15) is 5.10 Å². The molecule has 1 N–H and O–H groups in total. The highest BCUT2D eigenvalue weighted by atomic mass is 32.2. The summed E-state index contributed by atoms with van der Waals surface area (Å²) in [4.78, 5) is 7.14. The lowest BCUT2D eigenvalue weighted by molar-refractivity contribution is 0.582. The number of nitrogens with zero attached hydrogens (tertiary/aromatic N) is 2. The second kappa shape index (κ2) is 4.82. The normalized spacial score (nSPS) is 19.1. The fraction of sp³-hybridized carbons (Fsp3) is 0.500. The molecule has 1 aliphatic heterocycles. The molecule has 0 atom stereocenters. The molecule has 0 saturated carbocycles. The van der Waals surface area contributed by atoms with Gasteiger partial charge in [0, 0.05) is 10.6 Å². The number of rotatable bonds is 1. The Bertz CT molecular complexity index is 466. The van der Waals surface area contributed by atoms with Crippen LogP contribution in [0.2, 0.25) is 0 Å². The zero-order valence-electron chi connectivity index (χ0n) is 10.6. The summed E-state index contributed by atoms with van der Waals surface area (Å²) in [6, 6.07) is 4.26. The fourth-order valence-corrected chi connectivity index (χ4v) is 3.28. The molecule has 0 amide bonds. The molecule has 5 heteroatoms. The lowest BCUT2D eigenvalue weighted by Gasteiger charge is -2.18. The number of hydrogen-bond acceptors (Lipinski definition) is 4. The number of thiophene rings is 1. The minimum Gasteiger partial charge on any atom is -0.256 e. The zero-order valence-corrected chi connectivity index (χ0v) is 12.2. The van der Waals surface area contributed by atoms with E-state index in [1.54, 1.807) is 23.1 Å². The summed E-state index contributed by atoms with van der Waals surface area (Å²) in [6.45, 7) is 8.38. The summed E-state index contributed by atoms with van der Waals surface area (Å²) in [5, 5.41) is 5.32. The van der Waals surface area contributed by atoms with Gasteiger partial charge in [0.2, 0.25) is 0 Å². The van der Waals surface area contributed by atoms with E-state index >= 15 is 0 Å². The van der Waals surface area contributed by atoms with Crippen molar-refractivity contribution in [2.45, 2.75) is 33.2 Å². The SMILES string of the molecule is Cc1ccc(C2=NNC(=NC(C)(C)C)SC2)s1. The van der Waals surface area contributed by atoms with Crippen LogP contribution in [0.5, 0.6) is 0 Å². The lowest BCUT2D eigenvalue weighted by Crippen LogP contribution is -2.27. The molecule has 0 spiro atoms. The second-order valence-electron chi connectivity index (χ2n) is 4.96. The van der Waals surface area contributed by atoms with Crippen LogP contribution in [0.4, 0.5) is 0 Å². The molecule has 0 radical (unpaired) electrons. The van der Waals surface area contributed by atoms with Crippen molar-refractivity contribution in [1.82, 2.24) is 5.43 Å². The van der Waals surface area contributed by atoms with Crippen molar-refractivity contribution >= 4 is 34.0 Å². The molecule has 0 unspecified atom stereocenters. The van der Waals surface area contributed by atoms with Crippen LogP contribution >= 0.6 is 23.1 Å². The molecule has 92 valence electrons. The molecule has 0 bridgehead atoms. The Balaban J connectivity index is 2.10. The van der Waals surface area contributed by atoms with Gasteiger partial charge in [-0.25, -0.2) is 0 Å². The number of hydrogen-bond donors (Lipinski definition) is 1. The molecule has 2 rings (SSSR count). The van der Waals surface area contributed by atoms with E-state index in [2.05, 4.69) is 55.3 Å². The summed E-state index contributed by atoms with van der Waals surface area (Å²) in [5.74, 6) is 0.891. The van der Waals surface area contributed by atoms with Crippen LogP contribution < -0.4 is 5.43 Å². The predicted octanol–water partition coefficient (Wildman–Crippen LogP) is 3.25. The third-order valence-electron chi connectivity index (χ3n) is 2.09. The number of thioether (sulfide) groups is 1. The number of aryl methyl sites for hydroxylation is 1. The summed E-state index contributed by atoms with van der Waals surface area (Å²) < 4.78 is 0. The summed E-state index contributed by atoms with van der Waals surface area (Å²) in [6.07, 6.45) is 0. The predicted molar refractivity (Wildman–Crippen MR) is 78.4 cm³/mol. The van der Waals surface area contributed by atoms with Crippen molar-refractivity contribution in [3.8, 4) is 0 Å². The smallest absolute Gasteiger partial charge is 0.178 e. The molecule has 0 fully saturated rings. The molecular weight excluding hydrogens is 250 g/mol. The van der Waals surface area contributed by atoms with Gasteiger partial charge in [0.25, 0.3) is 0 Å². The van der Waals surface area contributed by atoms with Gasteiger partial charge in [-0.3, -0.25) is 10.4 Å². The topological polar surface area (TPSA) is 36.8 Å². The highest BCUT2D eigenvalue weighted by Gasteiger charge is 2.16. The van der Waals surface area contributed by atoms with Crippen molar-refractivity contribution < 1.29 is 0 Å². The highest BCUT2D eigenvalue weighted by molar-refractivity contribution is 8.14. The van der Waals surface area contributed by atoms with Gasteiger partial charge in [-0.05, 0) is 39.8 Å². The van der Waals surface area contributed by atoms with E-state index in [4.69, 9.17) is 0 Å². The highest BCUT2D eigenvalue weighted by Crippen LogP contribution is 2.21. The maximum absolute atomic E-state index is 4.57. The molecule has 1 aromatic heterocycles. The van der Waals surface area contributed by atoms with E-state index in [9.17, 15) is 0 Å². The summed E-state index contributed by atoms with van der Waals surface area (Å²) >= 11 is 3.50. The molecule has 17 heavy (non-hydrogen) atoms. The van der Waals surface area contributed by atoms with Crippen molar-refractivity contribution in [2.75, 3.05) is 5.75 Å². The van der Waals surface area contributed by atoms with Gasteiger partial charge in [0.1, 0.15) is 0 Å². The molecule has 0 aromatic carbocycles. The Kier molecular flexibility index (Phi) is 3.58. The Morgan fingerprint density at radius 3 is 2.59 bits per heavy atom. The van der Waals surface area contributed by atoms with Gasteiger partial charge in [0.05, 0.1) is 16.1 Å². The number of hydrazone groups is 1. The van der Waals surface area contributed by atoms with Crippen LogP contribution in [0.25, 0.3) is 0 Å². The Morgan fingerprint density at radius 2 is 2.12 bits per heavy atom. The van der Waals surface area contributed by atoms with Gasteiger partial charge in [-0.1, -0.05) is 11.8 Å². The largest absolute Gasteiger partial charge is 0.256 e. The number of nitrogens with one attached hydrogen (secondary N) is 1. The van der Waals surface area contributed by atoms with Crippen LogP contribution in [0, 0.1) is 6.92 Å². The minimum atomic E-state index is -0.0537. The average Bonchev–Trinajstić information content (AvgIpc) is 2.63. The van der Waals surface area contributed by atoms with E-state index in [0.717, 1.165) is 16.6 Å². The van der Waals surface area contributed by atoms with E-state index < -0.39 is 0 Å². The summed E-state index contributed by atoms with van der Waals surface area (Å²) in [7, 11) is 0. The fourth-order valence-electron chi connectivity index (χ4n) is 1.39. The Morgan fingerprint density at radius 1 is 1.35 bits per heavy atom. The van der Waals surface area contributed by atoms with Crippen LogP contribution in [-0.2, 0) is 0 Å². The molecule has 3 nitrogen and oxygen atoms in total. The first-order valence-electron chi connectivity index (χ1n) is 5.56. The van der Waals surface area contributed by atoms with E-state index in [1.807, 2.05) is 0 Å². The van der Waals surface area contributed by atoms with Crippen molar-refractivity contribution in [1.29, 1.82) is 0 Å². The number of amidine groups is 1. The molecule has 2 heterocycles. The van der Waals surface area contributed by atoms with Crippen LogP contribution in [0.1, 0.15) is 30.5 Å². The Hall–Kier alpha value is -0.810. The molecule has 1 aliphatic rings. The standard InChI is InChI=1S/C12H17N3S2/c1-8-5-6-10(17-8)9-7-16-11(15-14-9)13-12(2,3)4/h5-6H,7H2,1-4H3,(H,13,15). The van der Waals surface area contributed by atoms with E-state index in [-0.39, 0.29) is 5.54 Å². The maximum Gasteiger partial charge on any atom is 0.178 e. The maximum atomic E-state index is 4.57. The molecular formula is C12H17N3S2. The third kappa shape index (κ3) is 3.57. The minimum absolute atomic E-state index is 0.0537. The van der Waals surface area contributed by atoms with Crippen molar-refractivity contribution in [3.63, 3.8) is 0 Å². The van der Waals surface area contributed by atoms with Gasteiger partial charge in [0.15, 0.2) is 5.17 Å². The van der Waals surface area contributed by atoms with Crippen molar-refractivity contribution in [3.05, 3.63) is 21.9 Å². The first-order valence-corrected chi connectivity index (χ1v) is 7.36. The Labute approximate surface area is 110 Å². The second-order valence-corrected chi connectivity index (χ2v) is 7.21. The summed E-state index contributed by atoms with van der Waals surface area (Å²) in [5.41, 5.74) is 4.10.